The zero-order valence-electron chi connectivity index (χ0n) is 18.5. The van der Waals surface area contributed by atoms with Crippen LogP contribution in [0.5, 0.6) is 5.75 Å². The summed E-state index contributed by atoms with van der Waals surface area (Å²) in [5.74, 6) is -6.36. The van der Waals surface area contributed by atoms with Crippen molar-refractivity contribution in [2.24, 2.45) is 5.41 Å². The molecule has 0 radical (unpaired) electrons. The van der Waals surface area contributed by atoms with Gasteiger partial charge in [0.1, 0.15) is 17.6 Å². The predicted molar refractivity (Wildman–Crippen MR) is 114 cm³/mol. The van der Waals surface area contributed by atoms with Gasteiger partial charge in [0.25, 0.3) is 11.8 Å². The Morgan fingerprint density at radius 1 is 1.31 bits per heavy atom. The number of hydrogen-bond acceptors (Lipinski definition) is 3. The minimum Gasteiger partial charge on any atom is -0.493 e. The van der Waals surface area contributed by atoms with Crippen LogP contribution in [0.25, 0.3) is 0 Å². The van der Waals surface area contributed by atoms with E-state index in [1.54, 1.807) is 0 Å². The second kappa shape index (κ2) is 9.16. The molecular weight excluding hydrogens is 423 g/mol. The first-order chi connectivity index (χ1) is 15.1. The van der Waals surface area contributed by atoms with Gasteiger partial charge in [-0.3, -0.25) is 4.79 Å². The summed E-state index contributed by atoms with van der Waals surface area (Å²) in [5, 5.41) is 9.27. The average Bonchev–Trinajstić information content (AvgIpc) is 3.53. The maximum Gasteiger partial charge on any atom is 0.326 e. The van der Waals surface area contributed by atoms with Crippen LogP contribution in [-0.2, 0) is 4.79 Å². The van der Waals surface area contributed by atoms with Gasteiger partial charge in [-0.25, -0.2) is 18.0 Å². The van der Waals surface area contributed by atoms with Crippen molar-refractivity contribution in [1.82, 2.24) is 4.90 Å². The van der Waals surface area contributed by atoms with Gasteiger partial charge in [-0.05, 0) is 49.7 Å². The van der Waals surface area contributed by atoms with E-state index in [1.165, 1.54) is 6.07 Å². The number of aliphatic carboxylic acids is 1. The number of hydrogen-bond donors (Lipinski definition) is 1. The number of alkyl halides is 2. The number of carboxylic acid groups (broad SMARTS) is 1. The van der Waals surface area contributed by atoms with E-state index in [1.807, 2.05) is 6.08 Å². The molecule has 2 aliphatic rings. The molecule has 1 heterocycles. The molecule has 1 amide bonds. The van der Waals surface area contributed by atoms with E-state index >= 15 is 0 Å². The fraction of sp³-hybridized carbons (Fsp3) is 0.583. The monoisotopic (exact) mass is 453 g/mol. The quantitative estimate of drug-likeness (QED) is 0.482. The molecule has 1 saturated heterocycles. The second-order valence-electron chi connectivity index (χ2n) is 8.98. The van der Waals surface area contributed by atoms with E-state index in [9.17, 15) is 27.9 Å². The van der Waals surface area contributed by atoms with E-state index in [0.29, 0.717) is 22.8 Å². The Hall–Kier alpha value is -2.51. The maximum atomic E-state index is 15.0. The molecule has 1 saturated carbocycles. The third-order valence-electron chi connectivity index (χ3n) is 6.77. The Labute approximate surface area is 186 Å². The van der Waals surface area contributed by atoms with Gasteiger partial charge in [-0.1, -0.05) is 19.9 Å². The molecule has 1 aliphatic carbocycles. The van der Waals surface area contributed by atoms with Crippen molar-refractivity contribution in [2.45, 2.75) is 70.3 Å². The Bertz CT molecular complexity index is 893. The lowest BCUT2D eigenvalue weighted by Crippen LogP contribution is -2.41. The highest BCUT2D eigenvalue weighted by Crippen LogP contribution is 2.46. The average molecular weight is 454 g/mol. The number of allylic oxidation sites excluding steroid dienone is 1. The molecule has 1 aliphatic heterocycles. The molecule has 0 bridgehead atoms. The van der Waals surface area contributed by atoms with Gasteiger partial charge in [-0.15, -0.1) is 6.58 Å². The summed E-state index contributed by atoms with van der Waals surface area (Å²) in [6.45, 7) is 7.25. The van der Waals surface area contributed by atoms with Crippen molar-refractivity contribution in [1.29, 1.82) is 0 Å². The molecule has 0 unspecified atom stereocenters. The molecule has 0 spiro atoms. The largest absolute Gasteiger partial charge is 0.493 e. The summed E-state index contributed by atoms with van der Waals surface area (Å²) in [6.07, 6.45) is 5.03. The van der Waals surface area contributed by atoms with Crippen molar-refractivity contribution >= 4 is 11.9 Å². The number of amides is 1. The summed E-state index contributed by atoms with van der Waals surface area (Å²) < 4.78 is 48.7. The summed E-state index contributed by atoms with van der Waals surface area (Å²) in [5.41, 5.74) is 0.127. The topological polar surface area (TPSA) is 66.8 Å². The number of benzene rings is 1. The van der Waals surface area contributed by atoms with Gasteiger partial charge >= 0.3 is 5.97 Å². The number of carboxylic acids is 1. The fourth-order valence-electron chi connectivity index (χ4n) is 4.32. The Morgan fingerprint density at radius 2 is 1.97 bits per heavy atom. The van der Waals surface area contributed by atoms with E-state index < -0.39 is 48.2 Å². The van der Waals surface area contributed by atoms with Gasteiger partial charge < -0.3 is 14.7 Å². The fourth-order valence-corrected chi connectivity index (χ4v) is 4.32. The molecule has 0 aromatic heterocycles. The molecular formula is C24H30F3NO4. The minimum absolute atomic E-state index is 0.101. The summed E-state index contributed by atoms with van der Waals surface area (Å²) >= 11 is 0. The van der Waals surface area contributed by atoms with Crippen LogP contribution in [0.15, 0.2) is 24.8 Å². The molecule has 32 heavy (non-hydrogen) atoms. The van der Waals surface area contributed by atoms with E-state index in [-0.39, 0.29) is 11.3 Å². The third kappa shape index (κ3) is 4.94. The number of likely N-dealkylation sites (tertiary alicyclic amines) is 1. The first-order valence-corrected chi connectivity index (χ1v) is 11.0. The Kier molecular flexibility index (Phi) is 6.91. The highest BCUT2D eigenvalue weighted by molar-refractivity contribution is 5.97. The number of carbonyl (C=O) groups is 2. The van der Waals surface area contributed by atoms with Crippen molar-refractivity contribution in [3.8, 4) is 5.75 Å². The summed E-state index contributed by atoms with van der Waals surface area (Å²) in [7, 11) is 0. The van der Waals surface area contributed by atoms with Gasteiger partial charge in [-0.2, -0.15) is 0 Å². The molecule has 3 rings (SSSR count). The molecule has 8 heteroatoms. The molecule has 176 valence electrons. The lowest BCUT2D eigenvalue weighted by molar-refractivity contribution is -0.141. The van der Waals surface area contributed by atoms with Crippen LogP contribution in [-0.4, -0.2) is 47.0 Å². The van der Waals surface area contributed by atoms with Crippen LogP contribution in [0, 0.1) is 11.2 Å². The third-order valence-corrected chi connectivity index (χ3v) is 6.77. The number of halogens is 3. The van der Waals surface area contributed by atoms with Crippen LogP contribution in [0.3, 0.4) is 0 Å². The number of nitrogens with zero attached hydrogens (tertiary/aromatic N) is 1. The van der Waals surface area contributed by atoms with Gasteiger partial charge in [0, 0.05) is 17.9 Å². The highest BCUT2D eigenvalue weighted by Gasteiger charge is 2.50. The maximum absolute atomic E-state index is 15.0. The number of ether oxygens (including phenoxy) is 1. The van der Waals surface area contributed by atoms with Crippen LogP contribution >= 0.6 is 0 Å². The van der Waals surface area contributed by atoms with Crippen LogP contribution in [0.2, 0.25) is 0 Å². The molecule has 1 N–H and O–H groups in total. The van der Waals surface area contributed by atoms with Crippen molar-refractivity contribution in [3.63, 3.8) is 0 Å². The zero-order chi connectivity index (χ0) is 23.7. The SMILES string of the molecule is C=CCC(CC)(CC)COc1cc(F)c(C(=O)N2CC(F)(F)C[C@H]2C(=O)O)cc1C1CC1. The predicted octanol–water partition coefficient (Wildman–Crippen LogP) is 5.40. The standard InChI is InChI=1S/C24H30F3NO4/c1-4-9-23(5-2,6-3)14-32-20-11-18(25)17(10-16(20)15-7-8-15)21(29)28-13-24(26,27)12-19(28)22(30)31/h4,10-11,15,19H,1,5-9,12-14H2,2-3H3,(H,30,31)/t19-/m0/s1. The zero-order valence-corrected chi connectivity index (χ0v) is 18.5. The van der Waals surface area contributed by atoms with Crippen LogP contribution < -0.4 is 4.74 Å². The van der Waals surface area contributed by atoms with Crippen LogP contribution in [0.1, 0.15) is 74.2 Å². The number of rotatable bonds is 10. The minimum atomic E-state index is -3.33. The molecule has 1 aromatic carbocycles. The highest BCUT2D eigenvalue weighted by atomic mass is 19.3. The lowest BCUT2D eigenvalue weighted by atomic mass is 9.80. The van der Waals surface area contributed by atoms with Crippen molar-refractivity contribution in [2.75, 3.05) is 13.2 Å². The van der Waals surface area contributed by atoms with Gasteiger partial charge in [0.2, 0.25) is 0 Å². The molecule has 2 fully saturated rings. The Morgan fingerprint density at radius 3 is 2.50 bits per heavy atom. The summed E-state index contributed by atoms with van der Waals surface area (Å²) in [4.78, 5) is 24.9. The van der Waals surface area contributed by atoms with E-state index in [0.717, 1.165) is 38.2 Å². The van der Waals surface area contributed by atoms with Crippen molar-refractivity contribution < 1.29 is 32.6 Å². The van der Waals surface area contributed by atoms with E-state index in [2.05, 4.69) is 20.4 Å². The number of carbonyl (C=O) groups excluding carboxylic acids is 1. The Balaban J connectivity index is 1.90. The van der Waals surface area contributed by atoms with Crippen molar-refractivity contribution in [3.05, 3.63) is 41.7 Å². The normalized spacial score (nSPS) is 20.3. The smallest absolute Gasteiger partial charge is 0.326 e. The first kappa shape index (κ1) is 24.1. The molecule has 5 nitrogen and oxygen atoms in total. The van der Waals surface area contributed by atoms with Gasteiger partial charge in [0.05, 0.1) is 18.7 Å². The second-order valence-corrected chi connectivity index (χ2v) is 8.98. The molecule has 1 atom stereocenters. The van der Waals surface area contributed by atoms with Crippen LogP contribution in [0.4, 0.5) is 13.2 Å². The van der Waals surface area contributed by atoms with E-state index in [4.69, 9.17) is 4.74 Å². The first-order valence-electron chi connectivity index (χ1n) is 11.0. The van der Waals surface area contributed by atoms with Gasteiger partial charge in [0.15, 0.2) is 0 Å². The summed E-state index contributed by atoms with van der Waals surface area (Å²) in [6, 6.07) is 0.799. The molecule has 1 aromatic rings. The lowest BCUT2D eigenvalue weighted by Gasteiger charge is -2.31.